The molecule has 3 rings (SSSR count). The number of carbonyl (C=O) groups excluding carboxylic acids is 1. The lowest BCUT2D eigenvalue weighted by molar-refractivity contribution is 0.0954. The number of nitrogens with one attached hydrogen (secondary N) is 1. The molecule has 0 bridgehead atoms. The van der Waals surface area contributed by atoms with Gasteiger partial charge in [-0.05, 0) is 17.2 Å². The summed E-state index contributed by atoms with van der Waals surface area (Å²) < 4.78 is 6.20. The minimum Gasteiger partial charge on any atom is -0.380 e. The number of halogens is 1. The number of ether oxygens (including phenoxy) is 1. The molecule has 1 aromatic heterocycles. The summed E-state index contributed by atoms with van der Waals surface area (Å²) in [6, 6.07) is 15.7. The predicted molar refractivity (Wildman–Crippen MR) is 95.2 cm³/mol. The first-order valence-electron chi connectivity index (χ1n) is 7.21. The van der Waals surface area contributed by atoms with Crippen LogP contribution in [0.5, 0.6) is 0 Å². The SMILES string of the molecule is COCc1ccccc1CNC(=O)c1sc2ccccc2c1Cl. The van der Waals surface area contributed by atoms with Crippen LogP contribution in [0.15, 0.2) is 48.5 Å². The highest BCUT2D eigenvalue weighted by molar-refractivity contribution is 7.21. The maximum atomic E-state index is 12.5. The van der Waals surface area contributed by atoms with Crippen LogP contribution in [0.4, 0.5) is 0 Å². The van der Waals surface area contributed by atoms with Crippen molar-refractivity contribution in [2.75, 3.05) is 7.11 Å². The third kappa shape index (κ3) is 3.39. The summed E-state index contributed by atoms with van der Waals surface area (Å²) in [5, 5.41) is 4.39. The molecule has 0 aliphatic carbocycles. The first kappa shape index (κ1) is 16.0. The number of fused-ring (bicyclic) bond motifs is 1. The van der Waals surface area contributed by atoms with Crippen LogP contribution in [0.3, 0.4) is 0 Å². The lowest BCUT2D eigenvalue weighted by atomic mass is 10.1. The van der Waals surface area contributed by atoms with Crippen LogP contribution >= 0.6 is 22.9 Å². The molecule has 1 heterocycles. The lowest BCUT2D eigenvalue weighted by Crippen LogP contribution is -2.22. The normalized spacial score (nSPS) is 10.9. The fourth-order valence-corrected chi connectivity index (χ4v) is 3.88. The molecule has 3 aromatic rings. The van der Waals surface area contributed by atoms with Gasteiger partial charge in [0.25, 0.3) is 5.91 Å². The Bertz CT molecular complexity index is 844. The van der Waals surface area contributed by atoms with Gasteiger partial charge < -0.3 is 10.1 Å². The third-order valence-electron chi connectivity index (χ3n) is 3.60. The molecule has 0 radical (unpaired) electrons. The average molecular weight is 346 g/mol. The van der Waals surface area contributed by atoms with Crippen molar-refractivity contribution >= 4 is 38.9 Å². The van der Waals surface area contributed by atoms with Crippen LogP contribution in [0.25, 0.3) is 10.1 Å². The number of thiophene rings is 1. The highest BCUT2D eigenvalue weighted by atomic mass is 35.5. The second-order valence-corrected chi connectivity index (χ2v) is 6.56. The summed E-state index contributed by atoms with van der Waals surface area (Å²) in [7, 11) is 1.66. The topological polar surface area (TPSA) is 38.3 Å². The third-order valence-corrected chi connectivity index (χ3v) is 5.27. The first-order valence-corrected chi connectivity index (χ1v) is 8.41. The molecule has 0 unspecified atom stereocenters. The van der Waals surface area contributed by atoms with E-state index in [4.69, 9.17) is 16.3 Å². The predicted octanol–water partition coefficient (Wildman–Crippen LogP) is 4.63. The average Bonchev–Trinajstić information content (AvgIpc) is 2.91. The van der Waals surface area contributed by atoms with E-state index in [0.29, 0.717) is 23.1 Å². The maximum absolute atomic E-state index is 12.5. The van der Waals surface area contributed by atoms with Crippen molar-refractivity contribution in [2.24, 2.45) is 0 Å². The van der Waals surface area contributed by atoms with Gasteiger partial charge in [-0.3, -0.25) is 4.79 Å². The standard InChI is InChI=1S/C18H16ClNO2S/c1-22-11-13-7-3-2-6-12(13)10-20-18(21)17-16(19)14-8-4-5-9-15(14)23-17/h2-9H,10-11H2,1H3,(H,20,21). The molecule has 23 heavy (non-hydrogen) atoms. The van der Waals surface area contributed by atoms with Gasteiger partial charge in [-0.2, -0.15) is 0 Å². The largest absolute Gasteiger partial charge is 0.380 e. The fraction of sp³-hybridized carbons (Fsp3) is 0.167. The smallest absolute Gasteiger partial charge is 0.263 e. The Morgan fingerprint density at radius 3 is 2.57 bits per heavy atom. The molecule has 3 nitrogen and oxygen atoms in total. The number of rotatable bonds is 5. The monoisotopic (exact) mass is 345 g/mol. The van der Waals surface area contributed by atoms with E-state index in [1.54, 1.807) is 7.11 Å². The van der Waals surface area contributed by atoms with E-state index in [2.05, 4.69) is 5.32 Å². The fourth-order valence-electron chi connectivity index (χ4n) is 2.44. The Hall–Kier alpha value is -1.88. The molecule has 0 saturated heterocycles. The molecule has 0 aliphatic rings. The zero-order chi connectivity index (χ0) is 16.2. The van der Waals surface area contributed by atoms with Crippen molar-refractivity contribution < 1.29 is 9.53 Å². The van der Waals surface area contributed by atoms with Gasteiger partial charge in [0.05, 0.1) is 11.6 Å². The van der Waals surface area contributed by atoms with Gasteiger partial charge in [0, 0.05) is 23.7 Å². The van der Waals surface area contributed by atoms with Crippen molar-refractivity contribution in [3.63, 3.8) is 0 Å². The summed E-state index contributed by atoms with van der Waals surface area (Å²) in [5.41, 5.74) is 2.11. The Labute approximate surface area is 143 Å². The van der Waals surface area contributed by atoms with Crippen LogP contribution in [-0.4, -0.2) is 13.0 Å². The Kier molecular flexibility index (Phi) is 4.96. The van der Waals surface area contributed by atoms with Crippen LogP contribution in [0, 0.1) is 0 Å². The van der Waals surface area contributed by atoms with E-state index >= 15 is 0 Å². The van der Waals surface area contributed by atoms with Crippen molar-refractivity contribution in [1.82, 2.24) is 5.32 Å². The maximum Gasteiger partial charge on any atom is 0.263 e. The summed E-state index contributed by atoms with van der Waals surface area (Å²) in [5.74, 6) is -0.150. The summed E-state index contributed by atoms with van der Waals surface area (Å²) in [6.45, 7) is 0.971. The van der Waals surface area contributed by atoms with Gasteiger partial charge in [-0.15, -0.1) is 11.3 Å². The summed E-state index contributed by atoms with van der Waals surface area (Å²) >= 11 is 7.76. The Morgan fingerprint density at radius 2 is 1.83 bits per heavy atom. The lowest BCUT2D eigenvalue weighted by Gasteiger charge is -2.09. The molecule has 118 valence electrons. The molecule has 2 aromatic carbocycles. The van der Waals surface area contributed by atoms with E-state index in [9.17, 15) is 4.79 Å². The van der Waals surface area contributed by atoms with Crippen molar-refractivity contribution in [1.29, 1.82) is 0 Å². The van der Waals surface area contributed by atoms with Gasteiger partial charge in [-0.1, -0.05) is 54.1 Å². The van der Waals surface area contributed by atoms with Crippen molar-refractivity contribution in [3.8, 4) is 0 Å². The van der Waals surface area contributed by atoms with Crippen LogP contribution in [0.2, 0.25) is 5.02 Å². The number of amides is 1. The number of hydrogen-bond acceptors (Lipinski definition) is 3. The van der Waals surface area contributed by atoms with Gasteiger partial charge >= 0.3 is 0 Å². The molecule has 5 heteroatoms. The van der Waals surface area contributed by atoms with Crippen LogP contribution in [-0.2, 0) is 17.9 Å². The number of carbonyl (C=O) groups is 1. The molecule has 1 N–H and O–H groups in total. The molecular formula is C18H16ClNO2S. The molecule has 0 saturated carbocycles. The van der Waals surface area contributed by atoms with E-state index < -0.39 is 0 Å². The van der Waals surface area contributed by atoms with Crippen molar-refractivity contribution in [2.45, 2.75) is 13.2 Å². The summed E-state index contributed by atoms with van der Waals surface area (Å²) in [4.78, 5) is 13.0. The molecule has 0 fully saturated rings. The molecule has 0 aliphatic heterocycles. The minimum atomic E-state index is -0.150. The van der Waals surface area contributed by atoms with Crippen LogP contribution in [0.1, 0.15) is 20.8 Å². The van der Waals surface area contributed by atoms with Crippen molar-refractivity contribution in [3.05, 3.63) is 69.6 Å². The van der Waals surface area contributed by atoms with Gasteiger partial charge in [0.15, 0.2) is 0 Å². The first-order chi connectivity index (χ1) is 11.2. The zero-order valence-corrected chi connectivity index (χ0v) is 14.2. The van der Waals surface area contributed by atoms with E-state index in [1.807, 2.05) is 48.5 Å². The minimum absolute atomic E-state index is 0.150. The molecular weight excluding hydrogens is 330 g/mol. The quantitative estimate of drug-likeness (QED) is 0.732. The zero-order valence-electron chi connectivity index (χ0n) is 12.6. The highest BCUT2D eigenvalue weighted by Gasteiger charge is 2.16. The molecule has 1 amide bonds. The second kappa shape index (κ2) is 7.13. The van der Waals surface area contributed by atoms with Crippen LogP contribution < -0.4 is 5.32 Å². The van der Waals surface area contributed by atoms with E-state index in [-0.39, 0.29) is 5.91 Å². The number of methoxy groups -OCH3 is 1. The number of hydrogen-bond donors (Lipinski definition) is 1. The molecule has 0 spiro atoms. The van der Waals surface area contributed by atoms with E-state index in [1.165, 1.54) is 11.3 Å². The van der Waals surface area contributed by atoms with Gasteiger partial charge in [-0.25, -0.2) is 0 Å². The highest BCUT2D eigenvalue weighted by Crippen LogP contribution is 2.35. The Morgan fingerprint density at radius 1 is 1.13 bits per heavy atom. The molecule has 0 atom stereocenters. The summed E-state index contributed by atoms with van der Waals surface area (Å²) in [6.07, 6.45) is 0. The van der Waals surface area contributed by atoms with E-state index in [0.717, 1.165) is 21.2 Å². The number of benzene rings is 2. The van der Waals surface area contributed by atoms with Gasteiger partial charge in [0.2, 0.25) is 0 Å². The second-order valence-electron chi connectivity index (χ2n) is 5.13. The Balaban J connectivity index is 1.78. The van der Waals surface area contributed by atoms with Gasteiger partial charge in [0.1, 0.15) is 4.88 Å².